The third kappa shape index (κ3) is 6.15. The van der Waals surface area contributed by atoms with Crippen LogP contribution >= 0.6 is 23.4 Å². The van der Waals surface area contributed by atoms with Crippen LogP contribution in [0.2, 0.25) is 5.02 Å². The van der Waals surface area contributed by atoms with Crippen LogP contribution in [0.4, 0.5) is 5.69 Å². The van der Waals surface area contributed by atoms with E-state index in [4.69, 9.17) is 16.3 Å². The van der Waals surface area contributed by atoms with Gasteiger partial charge in [-0.2, -0.15) is 11.8 Å². The van der Waals surface area contributed by atoms with Crippen molar-refractivity contribution in [3.8, 4) is 5.75 Å². The van der Waals surface area contributed by atoms with Gasteiger partial charge in [0.2, 0.25) is 5.91 Å². The lowest BCUT2D eigenvalue weighted by molar-refractivity contribution is -0.130. The van der Waals surface area contributed by atoms with Gasteiger partial charge in [0.05, 0.1) is 6.42 Å². The van der Waals surface area contributed by atoms with Crippen molar-refractivity contribution >= 4 is 40.9 Å². The second kappa shape index (κ2) is 9.55. The molecule has 5 nitrogen and oxygen atoms in total. The van der Waals surface area contributed by atoms with Crippen molar-refractivity contribution in [1.82, 2.24) is 4.90 Å². The molecule has 0 saturated carbocycles. The van der Waals surface area contributed by atoms with Gasteiger partial charge in [-0.1, -0.05) is 23.7 Å². The number of anilines is 1. The topological polar surface area (TPSA) is 58.6 Å². The zero-order chi connectivity index (χ0) is 20.9. The summed E-state index contributed by atoms with van der Waals surface area (Å²) in [6.45, 7) is 5.06. The van der Waals surface area contributed by atoms with E-state index in [0.29, 0.717) is 22.9 Å². The normalized spacial score (nSPS) is 14.4. The Balaban J connectivity index is 1.56. The molecule has 0 aliphatic carbocycles. The van der Waals surface area contributed by atoms with Crippen LogP contribution in [0.5, 0.6) is 5.75 Å². The summed E-state index contributed by atoms with van der Waals surface area (Å²) in [7, 11) is 0. The zero-order valence-corrected chi connectivity index (χ0v) is 18.2. The maximum atomic E-state index is 12.6. The Hall–Kier alpha value is -2.18. The summed E-state index contributed by atoms with van der Waals surface area (Å²) in [4.78, 5) is 26.9. The molecule has 29 heavy (non-hydrogen) atoms. The molecule has 2 amide bonds. The maximum Gasteiger partial charge on any atom is 0.267 e. The van der Waals surface area contributed by atoms with Gasteiger partial charge in [-0.25, -0.2) is 0 Å². The fourth-order valence-electron chi connectivity index (χ4n) is 2.93. The largest absolute Gasteiger partial charge is 0.478 e. The van der Waals surface area contributed by atoms with E-state index in [1.54, 1.807) is 38.1 Å². The van der Waals surface area contributed by atoms with E-state index in [1.165, 1.54) is 0 Å². The highest BCUT2D eigenvalue weighted by atomic mass is 35.5. The number of amides is 2. The minimum Gasteiger partial charge on any atom is -0.478 e. The van der Waals surface area contributed by atoms with Crippen LogP contribution in [0.15, 0.2) is 48.5 Å². The molecule has 1 aliphatic heterocycles. The average Bonchev–Trinajstić information content (AvgIpc) is 2.71. The van der Waals surface area contributed by atoms with Gasteiger partial charge in [0.25, 0.3) is 5.91 Å². The van der Waals surface area contributed by atoms with E-state index in [2.05, 4.69) is 5.32 Å². The fourth-order valence-corrected chi connectivity index (χ4v) is 3.96. The summed E-state index contributed by atoms with van der Waals surface area (Å²) in [5.41, 5.74) is 0.533. The minimum absolute atomic E-state index is 0.152. The molecule has 0 aromatic heterocycles. The van der Waals surface area contributed by atoms with Crippen molar-refractivity contribution in [3.63, 3.8) is 0 Å². The molecule has 2 aromatic carbocycles. The molecule has 0 unspecified atom stereocenters. The molecule has 2 aromatic rings. The molecule has 0 atom stereocenters. The van der Waals surface area contributed by atoms with E-state index in [1.807, 2.05) is 40.9 Å². The van der Waals surface area contributed by atoms with Crippen molar-refractivity contribution < 1.29 is 14.3 Å². The van der Waals surface area contributed by atoms with Gasteiger partial charge in [-0.15, -0.1) is 0 Å². The lowest BCUT2D eigenvalue weighted by atomic mass is 10.1. The van der Waals surface area contributed by atoms with Crippen LogP contribution in [0, 0.1) is 0 Å². The maximum absolute atomic E-state index is 12.6. The predicted molar refractivity (Wildman–Crippen MR) is 119 cm³/mol. The lowest BCUT2D eigenvalue weighted by Gasteiger charge is -2.26. The molecule has 1 N–H and O–H groups in total. The molecule has 3 rings (SSSR count). The van der Waals surface area contributed by atoms with Crippen molar-refractivity contribution in [3.05, 3.63) is 59.1 Å². The number of hydrogen-bond donors (Lipinski definition) is 1. The Labute approximate surface area is 180 Å². The summed E-state index contributed by atoms with van der Waals surface area (Å²) in [6.07, 6.45) is 0.379. The fraction of sp³-hybridized carbons (Fsp3) is 0.364. The first-order valence-electron chi connectivity index (χ1n) is 9.54. The van der Waals surface area contributed by atoms with Gasteiger partial charge in [0.1, 0.15) is 5.75 Å². The first-order valence-corrected chi connectivity index (χ1v) is 11.1. The highest BCUT2D eigenvalue weighted by molar-refractivity contribution is 7.99. The Bertz CT molecular complexity index is 847. The highest BCUT2D eigenvalue weighted by Gasteiger charge is 2.30. The molecule has 0 spiro atoms. The van der Waals surface area contributed by atoms with Gasteiger partial charge in [-0.3, -0.25) is 9.59 Å². The van der Waals surface area contributed by atoms with Crippen LogP contribution in [-0.2, 0) is 16.0 Å². The van der Waals surface area contributed by atoms with Crippen LogP contribution in [-0.4, -0.2) is 46.9 Å². The molecular weight excluding hydrogens is 408 g/mol. The van der Waals surface area contributed by atoms with E-state index in [-0.39, 0.29) is 11.8 Å². The summed E-state index contributed by atoms with van der Waals surface area (Å²) in [6, 6.07) is 14.3. The summed E-state index contributed by atoms with van der Waals surface area (Å²) >= 11 is 7.76. The van der Waals surface area contributed by atoms with E-state index < -0.39 is 5.60 Å². The lowest BCUT2D eigenvalue weighted by Crippen LogP contribution is -2.42. The number of halogens is 1. The van der Waals surface area contributed by atoms with Gasteiger partial charge < -0.3 is 15.0 Å². The predicted octanol–water partition coefficient (Wildman–Crippen LogP) is 4.25. The standard InChI is InChI=1S/C22H25ClN2O3S/c1-22(2,28-19-9-5-17(23)6-10-19)21(27)24-18-7-3-16(4-8-18)15-20(26)25-11-13-29-14-12-25/h3-10H,11-15H2,1-2H3,(H,24,27). The minimum atomic E-state index is -1.06. The van der Waals surface area contributed by atoms with Crippen molar-refractivity contribution in [1.29, 1.82) is 0 Å². The van der Waals surface area contributed by atoms with E-state index in [0.717, 1.165) is 30.2 Å². The highest BCUT2D eigenvalue weighted by Crippen LogP contribution is 2.22. The number of hydrogen-bond acceptors (Lipinski definition) is 4. The quantitative estimate of drug-likeness (QED) is 0.741. The Morgan fingerprint density at radius 1 is 1.07 bits per heavy atom. The third-order valence-electron chi connectivity index (χ3n) is 4.66. The summed E-state index contributed by atoms with van der Waals surface area (Å²) < 4.78 is 5.81. The molecule has 0 bridgehead atoms. The van der Waals surface area contributed by atoms with Crippen LogP contribution in [0.25, 0.3) is 0 Å². The SMILES string of the molecule is CC(C)(Oc1ccc(Cl)cc1)C(=O)Nc1ccc(CC(=O)N2CCSCC2)cc1. The number of benzene rings is 2. The van der Waals surface area contributed by atoms with Crippen LogP contribution in [0.3, 0.4) is 0 Å². The number of nitrogens with one attached hydrogen (secondary N) is 1. The molecule has 1 heterocycles. The average molecular weight is 433 g/mol. The molecule has 0 radical (unpaired) electrons. The van der Waals surface area contributed by atoms with Gasteiger partial charge in [-0.05, 0) is 55.8 Å². The monoisotopic (exact) mass is 432 g/mol. The number of carbonyl (C=O) groups excluding carboxylic acids is 2. The Morgan fingerprint density at radius 3 is 2.31 bits per heavy atom. The van der Waals surface area contributed by atoms with Crippen molar-refractivity contribution in [2.45, 2.75) is 25.9 Å². The Kier molecular flexibility index (Phi) is 7.09. The van der Waals surface area contributed by atoms with Crippen molar-refractivity contribution in [2.24, 2.45) is 0 Å². The molecule has 1 aliphatic rings. The second-order valence-corrected chi connectivity index (χ2v) is 9.05. The number of rotatable bonds is 6. The summed E-state index contributed by atoms with van der Waals surface area (Å²) in [5.74, 6) is 2.47. The van der Waals surface area contributed by atoms with Gasteiger partial charge >= 0.3 is 0 Å². The van der Waals surface area contributed by atoms with Crippen LogP contribution < -0.4 is 10.1 Å². The van der Waals surface area contributed by atoms with E-state index in [9.17, 15) is 9.59 Å². The molecule has 154 valence electrons. The smallest absolute Gasteiger partial charge is 0.267 e. The van der Waals surface area contributed by atoms with Crippen molar-refractivity contribution in [2.75, 3.05) is 29.9 Å². The number of ether oxygens (including phenoxy) is 1. The molecule has 1 fully saturated rings. The summed E-state index contributed by atoms with van der Waals surface area (Å²) in [5, 5.41) is 3.48. The number of carbonyl (C=O) groups is 2. The van der Waals surface area contributed by atoms with E-state index >= 15 is 0 Å². The molecule has 7 heteroatoms. The first kappa shape index (κ1) is 21.5. The second-order valence-electron chi connectivity index (χ2n) is 7.39. The number of thioether (sulfide) groups is 1. The number of nitrogens with zero attached hydrogens (tertiary/aromatic N) is 1. The first-order chi connectivity index (χ1) is 13.8. The molecular formula is C22H25ClN2O3S. The van der Waals surface area contributed by atoms with Gasteiger partial charge in [0.15, 0.2) is 5.60 Å². The van der Waals surface area contributed by atoms with Gasteiger partial charge in [0, 0.05) is 35.3 Å². The zero-order valence-electron chi connectivity index (χ0n) is 16.6. The molecule has 1 saturated heterocycles. The third-order valence-corrected chi connectivity index (χ3v) is 5.86. The Morgan fingerprint density at radius 2 is 1.69 bits per heavy atom. The van der Waals surface area contributed by atoms with Crippen LogP contribution in [0.1, 0.15) is 19.4 Å².